The van der Waals surface area contributed by atoms with Gasteiger partial charge in [-0.25, -0.2) is 0 Å². The van der Waals surface area contributed by atoms with Gasteiger partial charge in [0.25, 0.3) is 0 Å². The van der Waals surface area contributed by atoms with E-state index in [1.807, 2.05) is 30.3 Å². The van der Waals surface area contributed by atoms with E-state index in [0.717, 1.165) is 43.4 Å². The molecule has 0 aromatic heterocycles. The van der Waals surface area contributed by atoms with Crippen LogP contribution in [0.25, 0.3) is 5.57 Å². The van der Waals surface area contributed by atoms with Crippen LogP contribution < -0.4 is 4.74 Å². The highest BCUT2D eigenvalue weighted by molar-refractivity contribution is 8.36. The van der Waals surface area contributed by atoms with Gasteiger partial charge in [-0.2, -0.15) is 10.0 Å². The number of rotatable bonds is 2. The predicted octanol–water partition coefficient (Wildman–Crippen LogP) is 4.97. The molecule has 2 aromatic rings. The van der Waals surface area contributed by atoms with Crippen molar-refractivity contribution in [1.29, 1.82) is 0 Å². The minimum atomic E-state index is -1.44. The maximum absolute atomic E-state index is 12.2. The predicted molar refractivity (Wildman–Crippen MR) is 112 cm³/mol. The Morgan fingerprint density at radius 1 is 1.00 bits per heavy atom. The number of fused-ring (bicyclic) bond motifs is 2. The van der Waals surface area contributed by atoms with Gasteiger partial charge in [-0.3, -0.25) is 4.79 Å². The Kier molecular flexibility index (Phi) is 4.04. The Bertz CT molecular complexity index is 1070. The number of carbonyl (C=O) groups excluding carboxylic acids is 1. The molecule has 0 unspecified atom stereocenters. The largest absolute Gasteiger partial charge is 0.508 e. The van der Waals surface area contributed by atoms with Crippen molar-refractivity contribution in [2.45, 2.75) is 11.8 Å². The lowest BCUT2D eigenvalue weighted by atomic mass is 9.89. The number of carbonyl (C=O) groups is 1. The maximum atomic E-state index is 12.2. The van der Waals surface area contributed by atoms with Crippen LogP contribution in [0.5, 0.6) is 11.5 Å². The van der Waals surface area contributed by atoms with Crippen LogP contribution in [0.3, 0.4) is 0 Å². The highest BCUT2D eigenvalue weighted by Crippen LogP contribution is 2.66. The standard InChI is InChI=1S/C23H22O3S/c1-14-5-10-20(26-2)19(11-14)23-17-8-6-15(24)12-21(17)27(3,4)22-13-16(25)7-9-18(22)23/h5-13,24H,1-4H3. The number of hydrogen-bond donors (Lipinski definition) is 1. The second kappa shape index (κ2) is 6.17. The number of aryl methyl sites for hydroxylation is 1. The number of methoxy groups -OCH3 is 1. The van der Waals surface area contributed by atoms with Crippen molar-refractivity contribution in [1.82, 2.24) is 0 Å². The normalized spacial score (nSPS) is 18.5. The Labute approximate surface area is 161 Å². The minimum Gasteiger partial charge on any atom is -0.508 e. The third-order valence-corrected chi connectivity index (χ3v) is 8.06. The van der Waals surface area contributed by atoms with Gasteiger partial charge in [0.1, 0.15) is 11.5 Å². The van der Waals surface area contributed by atoms with Crippen molar-refractivity contribution in [3.8, 4) is 11.5 Å². The first-order chi connectivity index (χ1) is 12.8. The molecular formula is C23H22O3S. The molecule has 0 fully saturated rings. The van der Waals surface area contributed by atoms with Gasteiger partial charge in [-0.15, -0.1) is 0 Å². The van der Waals surface area contributed by atoms with Crippen LogP contribution in [0.2, 0.25) is 0 Å². The lowest BCUT2D eigenvalue weighted by molar-refractivity contribution is -0.110. The molecule has 1 aliphatic heterocycles. The summed E-state index contributed by atoms with van der Waals surface area (Å²) in [6, 6.07) is 11.7. The molecule has 0 saturated heterocycles. The summed E-state index contributed by atoms with van der Waals surface area (Å²) in [6.45, 7) is 2.06. The van der Waals surface area contributed by atoms with E-state index < -0.39 is 10.0 Å². The zero-order chi connectivity index (χ0) is 19.3. The number of aromatic hydroxyl groups is 1. The zero-order valence-electron chi connectivity index (χ0n) is 15.9. The van der Waals surface area contributed by atoms with E-state index in [1.165, 1.54) is 0 Å². The Morgan fingerprint density at radius 2 is 1.78 bits per heavy atom. The second-order valence-electron chi connectivity index (χ2n) is 7.24. The van der Waals surface area contributed by atoms with Crippen molar-refractivity contribution < 1.29 is 14.6 Å². The van der Waals surface area contributed by atoms with Gasteiger partial charge in [0.2, 0.25) is 0 Å². The molecule has 2 aromatic carbocycles. The fourth-order valence-corrected chi connectivity index (χ4v) is 6.34. The Hall–Kier alpha value is -2.72. The van der Waals surface area contributed by atoms with Gasteiger partial charge in [0.05, 0.1) is 7.11 Å². The number of hydrogen-bond acceptors (Lipinski definition) is 3. The molecule has 138 valence electrons. The van der Waals surface area contributed by atoms with E-state index >= 15 is 0 Å². The van der Waals surface area contributed by atoms with Crippen molar-refractivity contribution in [2.24, 2.45) is 0 Å². The molecule has 0 amide bonds. The number of ketones is 1. The van der Waals surface area contributed by atoms with E-state index in [2.05, 4.69) is 25.5 Å². The molecule has 0 spiro atoms. The lowest BCUT2D eigenvalue weighted by Crippen LogP contribution is -2.16. The van der Waals surface area contributed by atoms with E-state index in [0.29, 0.717) is 0 Å². The smallest absolute Gasteiger partial charge is 0.179 e. The van der Waals surface area contributed by atoms with Crippen LogP contribution in [0.4, 0.5) is 0 Å². The maximum Gasteiger partial charge on any atom is 0.179 e. The molecule has 1 aliphatic carbocycles. The highest BCUT2D eigenvalue weighted by atomic mass is 32.3. The van der Waals surface area contributed by atoms with Crippen molar-refractivity contribution >= 4 is 21.4 Å². The quantitative estimate of drug-likeness (QED) is 0.802. The second-order valence-corrected chi connectivity index (χ2v) is 10.8. The minimum absolute atomic E-state index is 0.00786. The van der Waals surface area contributed by atoms with E-state index in [4.69, 9.17) is 4.74 Å². The van der Waals surface area contributed by atoms with E-state index in [1.54, 1.807) is 25.3 Å². The average Bonchev–Trinajstić information content (AvgIpc) is 2.63. The molecule has 2 aliphatic rings. The topological polar surface area (TPSA) is 46.5 Å². The summed E-state index contributed by atoms with van der Waals surface area (Å²) in [5.41, 5.74) is 5.34. The average molecular weight is 378 g/mol. The van der Waals surface area contributed by atoms with Crippen LogP contribution in [0, 0.1) is 6.92 Å². The molecule has 0 saturated carbocycles. The summed E-state index contributed by atoms with van der Waals surface area (Å²) < 4.78 is 5.66. The number of benzene rings is 2. The third kappa shape index (κ3) is 2.72. The SMILES string of the molecule is COc1ccc(C)cc1C1=C2C=CC(=O)C=C2S(C)(C)c2cc(O)ccc21. The van der Waals surface area contributed by atoms with E-state index in [9.17, 15) is 9.90 Å². The van der Waals surface area contributed by atoms with Crippen LogP contribution in [0.1, 0.15) is 16.7 Å². The lowest BCUT2D eigenvalue weighted by Gasteiger charge is -2.43. The summed E-state index contributed by atoms with van der Waals surface area (Å²) in [4.78, 5) is 14.3. The molecule has 0 atom stereocenters. The fourth-order valence-electron chi connectivity index (χ4n) is 3.84. The summed E-state index contributed by atoms with van der Waals surface area (Å²) >= 11 is 0. The van der Waals surface area contributed by atoms with E-state index in [-0.39, 0.29) is 11.5 Å². The number of ether oxygens (including phenoxy) is 1. The molecule has 4 heteroatoms. The first-order valence-corrected chi connectivity index (χ1v) is 11.2. The molecule has 0 radical (unpaired) electrons. The summed E-state index contributed by atoms with van der Waals surface area (Å²) in [7, 11) is 0.234. The molecule has 27 heavy (non-hydrogen) atoms. The molecule has 3 nitrogen and oxygen atoms in total. The summed E-state index contributed by atoms with van der Waals surface area (Å²) in [5, 5.41) is 10.1. The zero-order valence-corrected chi connectivity index (χ0v) is 16.7. The first-order valence-electron chi connectivity index (χ1n) is 8.73. The Morgan fingerprint density at radius 3 is 2.52 bits per heavy atom. The van der Waals surface area contributed by atoms with Crippen LogP contribution in [-0.4, -0.2) is 30.5 Å². The molecule has 4 rings (SSSR count). The molecule has 1 N–H and O–H groups in total. The molecule has 0 bridgehead atoms. The van der Waals surface area contributed by atoms with Crippen molar-refractivity contribution in [2.75, 3.05) is 19.6 Å². The van der Waals surface area contributed by atoms with Gasteiger partial charge < -0.3 is 9.84 Å². The summed E-state index contributed by atoms with van der Waals surface area (Å²) in [5.74, 6) is 1.04. The third-order valence-electron chi connectivity index (χ3n) is 5.18. The van der Waals surface area contributed by atoms with Crippen molar-refractivity contribution in [3.05, 3.63) is 81.8 Å². The van der Waals surface area contributed by atoms with Gasteiger partial charge in [0, 0.05) is 20.9 Å². The number of phenols is 1. The van der Waals surface area contributed by atoms with Crippen LogP contribution in [-0.2, 0) is 4.79 Å². The monoisotopic (exact) mass is 378 g/mol. The molecular weight excluding hydrogens is 356 g/mol. The molecule has 1 heterocycles. The van der Waals surface area contributed by atoms with Crippen LogP contribution >= 0.6 is 10.0 Å². The Balaban J connectivity index is 2.14. The van der Waals surface area contributed by atoms with Crippen molar-refractivity contribution in [3.63, 3.8) is 0 Å². The fraction of sp³-hybridized carbons (Fsp3) is 0.174. The van der Waals surface area contributed by atoms with Gasteiger partial charge in [0.15, 0.2) is 5.78 Å². The van der Waals surface area contributed by atoms with Gasteiger partial charge in [-0.1, -0.05) is 11.6 Å². The van der Waals surface area contributed by atoms with Crippen LogP contribution in [0.15, 0.2) is 70.0 Å². The first kappa shape index (κ1) is 17.7. The number of phenolic OH excluding ortho intramolecular Hbond substituents is 1. The van der Waals surface area contributed by atoms with Gasteiger partial charge in [-0.05, 0) is 79.1 Å². The summed E-state index contributed by atoms with van der Waals surface area (Å²) in [6.07, 6.45) is 9.66. The number of allylic oxidation sites excluding steroid dienone is 4. The highest BCUT2D eigenvalue weighted by Gasteiger charge is 2.35. The van der Waals surface area contributed by atoms with Gasteiger partial charge >= 0.3 is 0 Å².